The summed E-state index contributed by atoms with van der Waals surface area (Å²) in [4.78, 5) is 12.8. The van der Waals surface area contributed by atoms with Crippen molar-refractivity contribution in [2.24, 2.45) is 5.92 Å². The van der Waals surface area contributed by atoms with Crippen molar-refractivity contribution in [3.8, 4) is 0 Å². The number of benzene rings is 1. The molecule has 3 rings (SSSR count). The van der Waals surface area contributed by atoms with Gasteiger partial charge in [-0.05, 0) is 56.2 Å². The van der Waals surface area contributed by atoms with Gasteiger partial charge in [0.25, 0.3) is 0 Å². The van der Waals surface area contributed by atoms with E-state index in [1.54, 1.807) is 7.11 Å². The molecule has 2 aliphatic heterocycles. The van der Waals surface area contributed by atoms with Gasteiger partial charge in [0, 0.05) is 42.2 Å². The molecule has 2 aliphatic rings. The van der Waals surface area contributed by atoms with Crippen LogP contribution in [0.2, 0.25) is 0 Å². The summed E-state index contributed by atoms with van der Waals surface area (Å²) < 4.78 is 6.28. The number of carbonyl (C=O) groups excluding carboxylic acids is 1. The van der Waals surface area contributed by atoms with Crippen molar-refractivity contribution in [3.63, 3.8) is 0 Å². The Hall–Kier alpha value is -0.910. The van der Waals surface area contributed by atoms with E-state index in [1.165, 1.54) is 18.4 Å². The first-order valence-corrected chi connectivity index (χ1v) is 9.73. The number of piperidine rings is 1. The van der Waals surface area contributed by atoms with Crippen LogP contribution in [0.5, 0.6) is 0 Å². The maximum Gasteiger partial charge on any atom is 0.223 e. The quantitative estimate of drug-likeness (QED) is 0.746. The fourth-order valence-electron chi connectivity index (χ4n) is 4.03. The predicted octanol–water partition coefficient (Wildman–Crippen LogP) is 3.04. The van der Waals surface area contributed by atoms with E-state index in [1.807, 2.05) is 12.1 Å². The molecule has 1 amide bonds. The fourth-order valence-corrected chi connectivity index (χ4v) is 4.48. The van der Waals surface area contributed by atoms with Gasteiger partial charge in [0.05, 0.1) is 0 Å². The third-order valence-electron chi connectivity index (χ3n) is 5.23. The molecule has 0 spiro atoms. The Morgan fingerprint density at radius 3 is 2.79 bits per heavy atom. The molecule has 1 aromatic carbocycles. The topological polar surface area (TPSA) is 50.4 Å². The van der Waals surface area contributed by atoms with Crippen LogP contribution < -0.4 is 10.6 Å². The molecule has 2 bridgehead atoms. The molecule has 132 valence electrons. The number of halogens is 1. The monoisotopic (exact) mass is 394 g/mol. The second-order valence-corrected chi connectivity index (χ2v) is 8.04. The number of hydrogen-bond acceptors (Lipinski definition) is 3. The van der Waals surface area contributed by atoms with Crippen molar-refractivity contribution in [3.05, 3.63) is 34.3 Å². The lowest BCUT2D eigenvalue weighted by atomic mass is 9.93. The number of methoxy groups -OCH3 is 1. The number of ether oxygens (including phenoxy) is 1. The highest BCUT2D eigenvalue weighted by molar-refractivity contribution is 9.10. The van der Waals surface area contributed by atoms with E-state index in [0.717, 1.165) is 30.2 Å². The van der Waals surface area contributed by atoms with Crippen molar-refractivity contribution in [2.75, 3.05) is 13.7 Å². The minimum Gasteiger partial charge on any atom is -0.385 e. The average molecular weight is 395 g/mol. The Morgan fingerprint density at radius 1 is 1.38 bits per heavy atom. The summed E-state index contributed by atoms with van der Waals surface area (Å²) in [5.74, 6) is 0.144. The predicted molar refractivity (Wildman–Crippen MR) is 98.9 cm³/mol. The van der Waals surface area contributed by atoms with E-state index in [4.69, 9.17) is 4.74 Å². The standard InChI is InChI=1S/C19H27BrN2O2/c1-24-8-7-14(9-13-3-2-4-15(20)10-13)19(23)22-18-11-16-5-6-17(12-18)21-16/h2-4,10,14,16-18,21H,5-9,11-12H2,1H3,(H,22,23). The highest BCUT2D eigenvalue weighted by Crippen LogP contribution is 2.27. The fraction of sp³-hybridized carbons (Fsp3) is 0.632. The zero-order chi connectivity index (χ0) is 16.9. The lowest BCUT2D eigenvalue weighted by Gasteiger charge is -2.31. The minimum absolute atomic E-state index is 0.0354. The Balaban J connectivity index is 1.60. The molecule has 5 heteroatoms. The summed E-state index contributed by atoms with van der Waals surface area (Å²) in [7, 11) is 1.69. The van der Waals surface area contributed by atoms with Crippen LogP contribution in [-0.2, 0) is 16.0 Å². The molecule has 0 aliphatic carbocycles. The van der Waals surface area contributed by atoms with Gasteiger partial charge in [0.15, 0.2) is 0 Å². The van der Waals surface area contributed by atoms with Crippen molar-refractivity contribution >= 4 is 21.8 Å². The molecule has 2 fully saturated rings. The Bertz CT molecular complexity index is 554. The van der Waals surface area contributed by atoms with E-state index >= 15 is 0 Å². The van der Waals surface area contributed by atoms with Gasteiger partial charge in [-0.25, -0.2) is 0 Å². The van der Waals surface area contributed by atoms with Gasteiger partial charge in [-0.1, -0.05) is 28.1 Å². The lowest BCUT2D eigenvalue weighted by molar-refractivity contribution is -0.126. The first-order valence-electron chi connectivity index (χ1n) is 8.94. The largest absolute Gasteiger partial charge is 0.385 e. The minimum atomic E-state index is -0.0354. The molecule has 3 atom stereocenters. The van der Waals surface area contributed by atoms with E-state index < -0.39 is 0 Å². The molecule has 1 aromatic rings. The number of fused-ring (bicyclic) bond motifs is 2. The molecule has 0 aromatic heterocycles. The molecule has 24 heavy (non-hydrogen) atoms. The van der Waals surface area contributed by atoms with Crippen LogP contribution in [0.3, 0.4) is 0 Å². The van der Waals surface area contributed by atoms with Gasteiger partial charge in [0.2, 0.25) is 5.91 Å². The molecule has 4 nitrogen and oxygen atoms in total. The maximum atomic E-state index is 12.8. The second-order valence-electron chi connectivity index (χ2n) is 7.13. The summed E-state index contributed by atoms with van der Waals surface area (Å²) in [5.41, 5.74) is 1.19. The molecule has 0 saturated carbocycles. The Morgan fingerprint density at radius 2 is 2.12 bits per heavy atom. The van der Waals surface area contributed by atoms with E-state index in [-0.39, 0.29) is 11.8 Å². The number of nitrogens with one attached hydrogen (secondary N) is 2. The van der Waals surface area contributed by atoms with Crippen LogP contribution in [0, 0.1) is 5.92 Å². The summed E-state index contributed by atoms with van der Waals surface area (Å²) in [6.45, 7) is 0.615. The van der Waals surface area contributed by atoms with Crippen LogP contribution in [0.1, 0.15) is 37.7 Å². The van der Waals surface area contributed by atoms with Crippen molar-refractivity contribution in [1.29, 1.82) is 0 Å². The third-order valence-corrected chi connectivity index (χ3v) is 5.73. The maximum absolute atomic E-state index is 12.8. The summed E-state index contributed by atoms with van der Waals surface area (Å²) >= 11 is 3.51. The van der Waals surface area contributed by atoms with Crippen LogP contribution in [-0.4, -0.2) is 37.7 Å². The zero-order valence-electron chi connectivity index (χ0n) is 14.3. The summed E-state index contributed by atoms with van der Waals surface area (Å²) in [6.07, 6.45) is 6.15. The number of carbonyl (C=O) groups is 1. The lowest BCUT2D eigenvalue weighted by Crippen LogP contribution is -2.49. The second kappa shape index (κ2) is 8.45. The average Bonchev–Trinajstić information content (AvgIpc) is 2.90. The summed E-state index contributed by atoms with van der Waals surface area (Å²) in [5, 5.41) is 6.94. The van der Waals surface area contributed by atoms with Gasteiger partial charge in [-0.2, -0.15) is 0 Å². The number of amides is 1. The number of hydrogen-bond donors (Lipinski definition) is 2. The smallest absolute Gasteiger partial charge is 0.223 e. The highest BCUT2D eigenvalue weighted by Gasteiger charge is 2.34. The molecular formula is C19H27BrN2O2. The van der Waals surface area contributed by atoms with Gasteiger partial charge in [-0.3, -0.25) is 4.79 Å². The Labute approximate surface area is 152 Å². The molecule has 0 radical (unpaired) electrons. The third kappa shape index (κ3) is 4.80. The molecular weight excluding hydrogens is 368 g/mol. The van der Waals surface area contributed by atoms with E-state index in [9.17, 15) is 4.79 Å². The molecule has 2 N–H and O–H groups in total. The van der Waals surface area contributed by atoms with Gasteiger partial charge >= 0.3 is 0 Å². The van der Waals surface area contributed by atoms with Crippen LogP contribution in [0.4, 0.5) is 0 Å². The normalized spacial score (nSPS) is 27.0. The van der Waals surface area contributed by atoms with E-state index in [2.05, 4.69) is 38.7 Å². The molecule has 2 saturated heterocycles. The zero-order valence-corrected chi connectivity index (χ0v) is 15.8. The first-order chi connectivity index (χ1) is 11.6. The SMILES string of the molecule is COCCC(Cc1cccc(Br)c1)C(=O)NC1CC2CCC(C1)N2. The number of rotatable bonds is 7. The van der Waals surface area contributed by atoms with Crippen LogP contribution in [0.25, 0.3) is 0 Å². The molecule has 3 unspecified atom stereocenters. The first kappa shape index (κ1) is 17.9. The molecule has 2 heterocycles. The van der Waals surface area contributed by atoms with Gasteiger partial charge in [0.1, 0.15) is 0 Å². The van der Waals surface area contributed by atoms with Gasteiger partial charge in [-0.15, -0.1) is 0 Å². The van der Waals surface area contributed by atoms with E-state index in [0.29, 0.717) is 24.7 Å². The van der Waals surface area contributed by atoms with Crippen molar-refractivity contribution in [2.45, 2.75) is 56.7 Å². The van der Waals surface area contributed by atoms with Crippen LogP contribution in [0.15, 0.2) is 28.7 Å². The van der Waals surface area contributed by atoms with Crippen molar-refractivity contribution < 1.29 is 9.53 Å². The van der Waals surface area contributed by atoms with Crippen LogP contribution >= 0.6 is 15.9 Å². The highest BCUT2D eigenvalue weighted by atomic mass is 79.9. The van der Waals surface area contributed by atoms with Crippen molar-refractivity contribution in [1.82, 2.24) is 10.6 Å². The summed E-state index contributed by atoms with van der Waals surface area (Å²) in [6, 6.07) is 9.73. The Kier molecular flexibility index (Phi) is 6.31. The van der Waals surface area contributed by atoms with Gasteiger partial charge < -0.3 is 15.4 Å².